The number of thiophene rings is 1. The number of rotatable bonds is 3. The van der Waals surface area contributed by atoms with Gasteiger partial charge in [0.25, 0.3) is 5.91 Å². The maximum atomic E-state index is 12.8. The van der Waals surface area contributed by atoms with E-state index < -0.39 is 5.92 Å². The lowest BCUT2D eigenvalue weighted by Gasteiger charge is -2.26. The van der Waals surface area contributed by atoms with Gasteiger partial charge in [0.2, 0.25) is 0 Å². The second-order valence-corrected chi connectivity index (χ2v) is 7.11. The van der Waals surface area contributed by atoms with Crippen molar-refractivity contribution in [3.8, 4) is 11.5 Å². The van der Waals surface area contributed by atoms with Crippen LogP contribution in [0.5, 0.6) is 11.5 Å². The van der Waals surface area contributed by atoms with Crippen LogP contribution in [0.4, 0.5) is 0 Å². The SMILES string of the molecule is Cc1ccc(/C=N/NC(=O)C2c3ccccc3Oc3ccccc32)s1. The smallest absolute Gasteiger partial charge is 0.252 e. The van der Waals surface area contributed by atoms with Crippen molar-refractivity contribution >= 4 is 23.5 Å². The highest BCUT2D eigenvalue weighted by Gasteiger charge is 2.32. The highest BCUT2D eigenvalue weighted by molar-refractivity contribution is 7.13. The van der Waals surface area contributed by atoms with Gasteiger partial charge in [0.15, 0.2) is 0 Å². The predicted molar refractivity (Wildman–Crippen MR) is 99.6 cm³/mol. The van der Waals surface area contributed by atoms with E-state index in [9.17, 15) is 4.79 Å². The number of hydrogen-bond acceptors (Lipinski definition) is 4. The Morgan fingerprint density at radius 2 is 1.68 bits per heavy atom. The van der Waals surface area contributed by atoms with Crippen LogP contribution in [-0.4, -0.2) is 12.1 Å². The van der Waals surface area contributed by atoms with Crippen molar-refractivity contribution in [1.82, 2.24) is 5.43 Å². The van der Waals surface area contributed by atoms with Crippen molar-refractivity contribution in [3.63, 3.8) is 0 Å². The fourth-order valence-electron chi connectivity index (χ4n) is 2.94. The number of aryl methyl sites for hydroxylation is 1. The lowest BCUT2D eigenvalue weighted by atomic mass is 9.87. The maximum absolute atomic E-state index is 12.8. The number of para-hydroxylation sites is 2. The van der Waals surface area contributed by atoms with Gasteiger partial charge >= 0.3 is 0 Å². The second-order valence-electron chi connectivity index (χ2n) is 5.79. The second kappa shape index (κ2) is 6.53. The fourth-order valence-corrected chi connectivity index (χ4v) is 3.69. The van der Waals surface area contributed by atoms with E-state index in [0.717, 1.165) is 16.0 Å². The summed E-state index contributed by atoms with van der Waals surface area (Å²) in [6.07, 6.45) is 1.67. The average molecular weight is 348 g/mol. The molecule has 2 heterocycles. The van der Waals surface area contributed by atoms with Crippen LogP contribution >= 0.6 is 11.3 Å². The Morgan fingerprint density at radius 1 is 1.04 bits per heavy atom. The number of amides is 1. The monoisotopic (exact) mass is 348 g/mol. The molecule has 5 heteroatoms. The van der Waals surface area contributed by atoms with E-state index in [0.29, 0.717) is 11.5 Å². The van der Waals surface area contributed by atoms with Crippen molar-refractivity contribution in [2.75, 3.05) is 0 Å². The molecule has 0 spiro atoms. The molecule has 0 fully saturated rings. The first-order valence-corrected chi connectivity index (χ1v) is 8.79. The predicted octanol–water partition coefficient (Wildman–Crippen LogP) is 4.44. The number of hydrazone groups is 1. The minimum Gasteiger partial charge on any atom is -0.457 e. The number of carbonyl (C=O) groups excluding carboxylic acids is 1. The Hall–Kier alpha value is -2.92. The first kappa shape index (κ1) is 15.6. The largest absolute Gasteiger partial charge is 0.457 e. The van der Waals surface area contributed by atoms with E-state index in [1.54, 1.807) is 17.6 Å². The van der Waals surface area contributed by atoms with E-state index in [2.05, 4.69) is 10.5 Å². The van der Waals surface area contributed by atoms with Crippen molar-refractivity contribution < 1.29 is 9.53 Å². The molecule has 0 radical (unpaired) electrons. The van der Waals surface area contributed by atoms with Gasteiger partial charge in [-0.05, 0) is 31.2 Å². The van der Waals surface area contributed by atoms with Crippen molar-refractivity contribution in [3.05, 3.63) is 81.5 Å². The Bertz CT molecular complexity index is 916. The van der Waals surface area contributed by atoms with Crippen molar-refractivity contribution in [2.24, 2.45) is 5.10 Å². The average Bonchev–Trinajstić information content (AvgIpc) is 3.04. The van der Waals surface area contributed by atoms with Crippen LogP contribution in [0.3, 0.4) is 0 Å². The normalized spacial score (nSPS) is 13.2. The molecule has 3 aromatic rings. The number of benzene rings is 2. The Balaban J connectivity index is 1.62. The minimum absolute atomic E-state index is 0.173. The lowest BCUT2D eigenvalue weighted by Crippen LogP contribution is -2.28. The molecule has 1 aliphatic rings. The van der Waals surface area contributed by atoms with Crippen molar-refractivity contribution in [1.29, 1.82) is 0 Å². The number of hydrogen-bond donors (Lipinski definition) is 1. The summed E-state index contributed by atoms with van der Waals surface area (Å²) in [6, 6.07) is 19.2. The molecule has 0 saturated carbocycles. The third-order valence-electron chi connectivity index (χ3n) is 4.07. The van der Waals surface area contributed by atoms with Gasteiger partial charge < -0.3 is 4.74 Å². The lowest BCUT2D eigenvalue weighted by molar-refractivity contribution is -0.121. The van der Waals surface area contributed by atoms with Crippen LogP contribution in [0.2, 0.25) is 0 Å². The van der Waals surface area contributed by atoms with E-state index in [4.69, 9.17) is 4.74 Å². The summed E-state index contributed by atoms with van der Waals surface area (Å²) in [5.74, 6) is 0.800. The van der Waals surface area contributed by atoms with Crippen LogP contribution in [-0.2, 0) is 4.79 Å². The van der Waals surface area contributed by atoms with Crippen LogP contribution in [0.25, 0.3) is 0 Å². The molecule has 4 nitrogen and oxygen atoms in total. The molecule has 25 heavy (non-hydrogen) atoms. The molecular formula is C20H16N2O2S. The molecule has 0 saturated heterocycles. The molecule has 0 bridgehead atoms. The zero-order valence-electron chi connectivity index (χ0n) is 13.6. The molecule has 0 unspecified atom stereocenters. The van der Waals surface area contributed by atoms with Gasteiger partial charge in [0.05, 0.1) is 12.1 Å². The van der Waals surface area contributed by atoms with Crippen LogP contribution in [0.15, 0.2) is 65.8 Å². The molecule has 1 amide bonds. The molecule has 1 N–H and O–H groups in total. The first-order chi connectivity index (χ1) is 12.2. The number of fused-ring (bicyclic) bond motifs is 2. The van der Waals surface area contributed by atoms with Gasteiger partial charge in [0.1, 0.15) is 11.5 Å². The highest BCUT2D eigenvalue weighted by Crippen LogP contribution is 2.43. The molecule has 0 aliphatic carbocycles. The molecule has 0 atom stereocenters. The van der Waals surface area contributed by atoms with Gasteiger partial charge in [-0.25, -0.2) is 5.43 Å². The summed E-state index contributed by atoms with van der Waals surface area (Å²) in [7, 11) is 0. The number of ether oxygens (including phenoxy) is 1. The molecule has 2 aromatic carbocycles. The van der Waals surface area contributed by atoms with Crippen molar-refractivity contribution in [2.45, 2.75) is 12.8 Å². The van der Waals surface area contributed by atoms with E-state index in [1.165, 1.54) is 4.88 Å². The summed E-state index contributed by atoms with van der Waals surface area (Å²) in [5.41, 5.74) is 4.37. The zero-order chi connectivity index (χ0) is 17.2. The maximum Gasteiger partial charge on any atom is 0.252 e. The fraction of sp³-hybridized carbons (Fsp3) is 0.100. The topological polar surface area (TPSA) is 50.7 Å². The van der Waals surface area contributed by atoms with Gasteiger partial charge in [-0.15, -0.1) is 11.3 Å². The summed E-state index contributed by atoms with van der Waals surface area (Å²) in [6.45, 7) is 2.04. The number of nitrogens with zero attached hydrogens (tertiary/aromatic N) is 1. The Kier molecular flexibility index (Phi) is 4.07. The molecule has 124 valence electrons. The summed E-state index contributed by atoms with van der Waals surface area (Å²) < 4.78 is 5.92. The molecule has 1 aromatic heterocycles. The molecular weight excluding hydrogens is 332 g/mol. The Labute approximate surface area is 149 Å². The summed E-state index contributed by atoms with van der Waals surface area (Å²) >= 11 is 1.63. The first-order valence-electron chi connectivity index (χ1n) is 7.97. The van der Waals surface area contributed by atoms with Crippen LogP contribution < -0.4 is 10.2 Å². The van der Waals surface area contributed by atoms with Crippen LogP contribution in [0, 0.1) is 6.92 Å². The molecule has 1 aliphatic heterocycles. The third kappa shape index (κ3) is 3.06. The van der Waals surface area contributed by atoms with Crippen LogP contribution in [0.1, 0.15) is 26.8 Å². The van der Waals surface area contributed by atoms with Gasteiger partial charge in [-0.1, -0.05) is 36.4 Å². The number of carbonyl (C=O) groups is 1. The summed E-state index contributed by atoms with van der Waals surface area (Å²) in [4.78, 5) is 15.1. The quantitative estimate of drug-likeness (QED) is 0.562. The summed E-state index contributed by atoms with van der Waals surface area (Å²) in [5, 5.41) is 4.12. The minimum atomic E-state index is -0.441. The highest BCUT2D eigenvalue weighted by atomic mass is 32.1. The zero-order valence-corrected chi connectivity index (χ0v) is 14.4. The van der Waals surface area contributed by atoms with E-state index in [-0.39, 0.29) is 5.91 Å². The van der Waals surface area contributed by atoms with Gasteiger partial charge in [-0.3, -0.25) is 4.79 Å². The third-order valence-corrected chi connectivity index (χ3v) is 5.01. The number of nitrogens with one attached hydrogen (secondary N) is 1. The van der Waals surface area contributed by atoms with E-state index in [1.807, 2.05) is 67.6 Å². The Morgan fingerprint density at radius 3 is 2.28 bits per heavy atom. The standard InChI is InChI=1S/C20H16N2O2S/c1-13-10-11-14(25-13)12-21-22-20(23)19-15-6-2-4-8-17(15)24-18-9-5-3-7-16(18)19/h2-12,19H,1H3,(H,22,23)/b21-12+. The van der Waals surface area contributed by atoms with Gasteiger partial charge in [-0.2, -0.15) is 5.10 Å². The molecule has 4 rings (SSSR count). The van der Waals surface area contributed by atoms with Gasteiger partial charge in [0, 0.05) is 20.9 Å². The van der Waals surface area contributed by atoms with E-state index >= 15 is 0 Å².